The molecule has 2 heterocycles. The van der Waals surface area contributed by atoms with Crippen LogP contribution in [-0.4, -0.2) is 32.9 Å². The van der Waals surface area contributed by atoms with Gasteiger partial charge in [-0.15, -0.1) is 0 Å². The summed E-state index contributed by atoms with van der Waals surface area (Å²) in [6, 6.07) is 14.7. The Kier molecular flexibility index (Phi) is 5.16. The molecule has 1 atom stereocenters. The number of pyridine rings is 1. The number of imidazole rings is 1. The van der Waals surface area contributed by atoms with Gasteiger partial charge in [0.2, 0.25) is 0 Å². The molecule has 1 amide bonds. The summed E-state index contributed by atoms with van der Waals surface area (Å²) in [7, 11) is 0. The Balaban J connectivity index is 1.68. The van der Waals surface area contributed by atoms with Crippen LogP contribution in [0.5, 0.6) is 0 Å². The number of carbonyl (C=O) groups excluding carboxylic acids is 1. The van der Waals surface area contributed by atoms with Gasteiger partial charge in [0.1, 0.15) is 5.82 Å². The summed E-state index contributed by atoms with van der Waals surface area (Å²) in [5.41, 5.74) is 2.05. The number of hydrogen-bond donors (Lipinski definition) is 3. The van der Waals surface area contributed by atoms with Crippen LogP contribution in [-0.2, 0) is 0 Å². The van der Waals surface area contributed by atoms with Gasteiger partial charge in [-0.3, -0.25) is 9.59 Å². The maximum absolute atomic E-state index is 13.1. The normalized spacial score (nSPS) is 12.3. The van der Waals surface area contributed by atoms with E-state index in [9.17, 15) is 9.59 Å². The fourth-order valence-electron chi connectivity index (χ4n) is 3.28. The van der Waals surface area contributed by atoms with Crippen molar-refractivity contribution < 1.29 is 4.79 Å². The number of hydrogen-bond acceptors (Lipinski definition) is 4. The molecule has 7 heteroatoms. The monoisotopic (exact) mass is 392 g/mol. The van der Waals surface area contributed by atoms with Crippen molar-refractivity contribution in [1.82, 2.24) is 20.3 Å². The van der Waals surface area contributed by atoms with Crippen LogP contribution >= 0.6 is 11.8 Å². The minimum Gasteiger partial charge on any atom is -0.342 e. The molecule has 0 aliphatic heterocycles. The number of thioether (sulfide) groups is 1. The molecule has 0 aliphatic rings. The van der Waals surface area contributed by atoms with Crippen LogP contribution in [0.3, 0.4) is 0 Å². The predicted octanol–water partition coefficient (Wildman–Crippen LogP) is 3.63. The molecule has 4 rings (SSSR count). The van der Waals surface area contributed by atoms with E-state index in [1.54, 1.807) is 30.0 Å². The highest BCUT2D eigenvalue weighted by atomic mass is 32.2. The van der Waals surface area contributed by atoms with E-state index in [4.69, 9.17) is 0 Å². The second kappa shape index (κ2) is 7.90. The summed E-state index contributed by atoms with van der Waals surface area (Å²) in [5.74, 6) is 1.38. The van der Waals surface area contributed by atoms with Crippen LogP contribution in [0, 0.1) is 0 Å². The molecule has 0 aliphatic carbocycles. The molecule has 4 aromatic rings. The third-order valence-corrected chi connectivity index (χ3v) is 5.35. The smallest absolute Gasteiger partial charge is 0.255 e. The van der Waals surface area contributed by atoms with Crippen LogP contribution in [0.1, 0.15) is 28.6 Å². The Morgan fingerprint density at radius 1 is 1.14 bits per heavy atom. The number of rotatable bonds is 6. The van der Waals surface area contributed by atoms with Crippen LogP contribution in [0.25, 0.3) is 21.8 Å². The number of aromatic nitrogens is 3. The highest BCUT2D eigenvalue weighted by Gasteiger charge is 2.20. The summed E-state index contributed by atoms with van der Waals surface area (Å²) < 4.78 is 0. The fraction of sp³-hybridized carbons (Fsp3) is 0.190. The van der Waals surface area contributed by atoms with Crippen molar-refractivity contribution in [3.8, 4) is 0 Å². The molecule has 0 radical (unpaired) electrons. The Hall–Kier alpha value is -3.06. The first-order chi connectivity index (χ1) is 13.7. The molecule has 28 heavy (non-hydrogen) atoms. The molecule has 142 valence electrons. The zero-order chi connectivity index (χ0) is 19.5. The first-order valence-corrected chi connectivity index (χ1v) is 10.4. The summed E-state index contributed by atoms with van der Waals surface area (Å²) in [6.07, 6.45) is 4.26. The number of amides is 1. The van der Waals surface area contributed by atoms with Crippen molar-refractivity contribution in [2.24, 2.45) is 0 Å². The molecule has 0 saturated heterocycles. The molecule has 0 spiro atoms. The van der Waals surface area contributed by atoms with E-state index in [1.807, 2.05) is 36.6 Å². The van der Waals surface area contributed by atoms with Gasteiger partial charge in [0, 0.05) is 17.0 Å². The van der Waals surface area contributed by atoms with Gasteiger partial charge in [0.25, 0.3) is 11.5 Å². The number of para-hydroxylation sites is 2. The SMILES string of the molecule is CSCC[C@@H](NC(=O)c1c[nH]c(=O)c2ccccc12)c1nc2ccccc2[nH]1. The quantitative estimate of drug-likeness (QED) is 0.467. The number of nitrogens with one attached hydrogen (secondary N) is 3. The van der Waals surface area contributed by atoms with Gasteiger partial charge in [-0.25, -0.2) is 4.98 Å². The average Bonchev–Trinajstić information content (AvgIpc) is 3.15. The summed E-state index contributed by atoms with van der Waals surface area (Å²) >= 11 is 1.72. The van der Waals surface area contributed by atoms with Gasteiger partial charge < -0.3 is 15.3 Å². The number of nitrogens with zero attached hydrogens (tertiary/aromatic N) is 1. The topological polar surface area (TPSA) is 90.6 Å². The van der Waals surface area contributed by atoms with Crippen molar-refractivity contribution in [2.45, 2.75) is 12.5 Å². The first kappa shape index (κ1) is 18.3. The lowest BCUT2D eigenvalue weighted by molar-refractivity contribution is 0.0935. The lowest BCUT2D eigenvalue weighted by Gasteiger charge is -2.17. The summed E-state index contributed by atoms with van der Waals surface area (Å²) in [4.78, 5) is 35.7. The molecule has 0 bridgehead atoms. The van der Waals surface area contributed by atoms with Crippen molar-refractivity contribution in [1.29, 1.82) is 0 Å². The lowest BCUT2D eigenvalue weighted by atomic mass is 10.1. The highest BCUT2D eigenvalue weighted by molar-refractivity contribution is 7.98. The molecule has 0 fully saturated rings. The van der Waals surface area contributed by atoms with Crippen LogP contribution in [0.4, 0.5) is 0 Å². The van der Waals surface area contributed by atoms with Crippen molar-refractivity contribution in [3.05, 3.63) is 76.5 Å². The zero-order valence-corrected chi connectivity index (χ0v) is 16.2. The number of fused-ring (bicyclic) bond motifs is 2. The largest absolute Gasteiger partial charge is 0.342 e. The second-order valence-corrected chi connectivity index (χ2v) is 7.51. The average molecular weight is 392 g/mol. The van der Waals surface area contributed by atoms with E-state index in [-0.39, 0.29) is 17.5 Å². The van der Waals surface area contributed by atoms with Crippen LogP contribution in [0.2, 0.25) is 0 Å². The molecule has 2 aromatic carbocycles. The van der Waals surface area contributed by atoms with E-state index in [0.717, 1.165) is 29.0 Å². The zero-order valence-electron chi connectivity index (χ0n) is 15.4. The second-order valence-electron chi connectivity index (χ2n) is 6.52. The number of aromatic amines is 2. The van der Waals surface area contributed by atoms with E-state index >= 15 is 0 Å². The maximum Gasteiger partial charge on any atom is 0.255 e. The van der Waals surface area contributed by atoms with Gasteiger partial charge in [0.15, 0.2) is 0 Å². The van der Waals surface area contributed by atoms with E-state index in [0.29, 0.717) is 16.3 Å². The third-order valence-electron chi connectivity index (χ3n) is 4.71. The van der Waals surface area contributed by atoms with Gasteiger partial charge in [-0.05, 0) is 36.6 Å². The first-order valence-electron chi connectivity index (χ1n) is 9.02. The van der Waals surface area contributed by atoms with Crippen LogP contribution < -0.4 is 10.9 Å². The Morgan fingerprint density at radius 3 is 2.68 bits per heavy atom. The number of H-pyrrole nitrogens is 2. The molecular formula is C21H20N4O2S. The minimum atomic E-state index is -0.252. The van der Waals surface area contributed by atoms with Gasteiger partial charge in [-0.1, -0.05) is 30.3 Å². The standard InChI is InChI=1S/C21H20N4O2S/c1-28-11-10-18(19-23-16-8-4-5-9-17(16)24-19)25-21(27)15-12-22-20(26)14-7-3-2-6-13(14)15/h2-9,12,18H,10-11H2,1H3,(H,22,26)(H,23,24)(H,25,27)/t18-/m1/s1. The van der Waals surface area contributed by atoms with Gasteiger partial charge in [0.05, 0.1) is 22.6 Å². The molecule has 3 N–H and O–H groups in total. The van der Waals surface area contributed by atoms with Crippen molar-refractivity contribution >= 4 is 39.5 Å². The van der Waals surface area contributed by atoms with Gasteiger partial charge >= 0.3 is 0 Å². The highest BCUT2D eigenvalue weighted by Crippen LogP contribution is 2.22. The summed E-state index contributed by atoms with van der Waals surface area (Å²) in [6.45, 7) is 0. The van der Waals surface area contributed by atoms with Gasteiger partial charge in [-0.2, -0.15) is 11.8 Å². The molecular weight excluding hydrogens is 372 g/mol. The lowest BCUT2D eigenvalue weighted by Crippen LogP contribution is -2.30. The Morgan fingerprint density at radius 2 is 1.89 bits per heavy atom. The fourth-order valence-corrected chi connectivity index (χ4v) is 3.75. The van der Waals surface area contributed by atoms with Crippen molar-refractivity contribution in [2.75, 3.05) is 12.0 Å². The number of benzene rings is 2. The third kappa shape index (κ3) is 3.53. The number of carbonyl (C=O) groups is 1. The van der Waals surface area contributed by atoms with E-state index in [2.05, 4.69) is 20.3 Å². The van der Waals surface area contributed by atoms with Crippen LogP contribution in [0.15, 0.2) is 59.5 Å². The predicted molar refractivity (Wildman–Crippen MR) is 114 cm³/mol. The Labute approximate surface area is 165 Å². The Bertz CT molecular complexity index is 1160. The van der Waals surface area contributed by atoms with Crippen molar-refractivity contribution in [3.63, 3.8) is 0 Å². The van der Waals surface area contributed by atoms with E-state index < -0.39 is 0 Å². The van der Waals surface area contributed by atoms with E-state index in [1.165, 1.54) is 6.20 Å². The maximum atomic E-state index is 13.1. The molecule has 0 saturated carbocycles. The molecule has 0 unspecified atom stereocenters. The summed E-state index contributed by atoms with van der Waals surface area (Å²) in [5, 5.41) is 4.22. The molecule has 6 nitrogen and oxygen atoms in total. The molecule has 2 aromatic heterocycles. The minimum absolute atomic E-state index is 0.205.